The van der Waals surface area contributed by atoms with Gasteiger partial charge in [0.15, 0.2) is 11.6 Å². The maximum Gasteiger partial charge on any atom is 0.165 e. The molecule has 1 aromatic carbocycles. The van der Waals surface area contributed by atoms with Gasteiger partial charge in [-0.2, -0.15) is 0 Å². The fraction of sp³-hybridized carbons (Fsp3) is 0.308. The Hall–Kier alpha value is -1.46. The van der Waals surface area contributed by atoms with Crippen molar-refractivity contribution in [1.29, 1.82) is 0 Å². The molecule has 0 bridgehead atoms. The molecule has 2 aromatic rings. The molecule has 1 N–H and O–H groups in total. The van der Waals surface area contributed by atoms with Crippen LogP contribution in [0.4, 0.5) is 4.39 Å². The van der Waals surface area contributed by atoms with Crippen molar-refractivity contribution in [3.63, 3.8) is 0 Å². The minimum atomic E-state index is -0.357. The first-order valence-electron chi connectivity index (χ1n) is 5.60. The average Bonchev–Trinajstić information content (AvgIpc) is 2.72. The normalized spacial score (nSPS) is 10.7. The zero-order valence-corrected chi connectivity index (χ0v) is 11.4. The van der Waals surface area contributed by atoms with Gasteiger partial charge >= 0.3 is 0 Å². The summed E-state index contributed by atoms with van der Waals surface area (Å²) >= 11 is 1.61. The topological polar surface area (TPSA) is 34.1 Å². The summed E-state index contributed by atoms with van der Waals surface area (Å²) in [6.45, 7) is 2.77. The monoisotopic (exact) mass is 266 g/mol. The molecule has 0 unspecified atom stereocenters. The number of ether oxygens (including phenoxy) is 1. The number of halogens is 1. The second-order valence-electron chi connectivity index (χ2n) is 3.91. The number of benzene rings is 1. The fourth-order valence-electron chi connectivity index (χ4n) is 1.67. The predicted molar refractivity (Wildman–Crippen MR) is 71.6 cm³/mol. The largest absolute Gasteiger partial charge is 0.494 e. The molecule has 18 heavy (non-hydrogen) atoms. The number of nitrogens with zero attached hydrogens (tertiary/aromatic N) is 1. The van der Waals surface area contributed by atoms with Crippen LogP contribution in [-0.2, 0) is 6.54 Å². The number of methoxy groups -OCH3 is 1. The first-order valence-corrected chi connectivity index (χ1v) is 6.42. The SMILES string of the molecule is CNCc1sc(-c2ccc(F)c(OC)c2)nc1C. The zero-order valence-electron chi connectivity index (χ0n) is 10.6. The molecule has 0 spiro atoms. The van der Waals surface area contributed by atoms with Crippen LogP contribution >= 0.6 is 11.3 Å². The van der Waals surface area contributed by atoms with E-state index in [0.29, 0.717) is 0 Å². The average molecular weight is 266 g/mol. The highest BCUT2D eigenvalue weighted by Crippen LogP contribution is 2.31. The number of aromatic nitrogens is 1. The molecule has 1 aromatic heterocycles. The number of thiazole rings is 1. The molecule has 0 amide bonds. The van der Waals surface area contributed by atoms with Crippen LogP contribution in [0.5, 0.6) is 5.75 Å². The van der Waals surface area contributed by atoms with Crippen molar-refractivity contribution in [1.82, 2.24) is 10.3 Å². The molecule has 0 aliphatic rings. The molecule has 0 saturated heterocycles. The molecule has 1 heterocycles. The van der Waals surface area contributed by atoms with E-state index >= 15 is 0 Å². The summed E-state index contributed by atoms with van der Waals surface area (Å²) in [5.74, 6) is -0.111. The van der Waals surface area contributed by atoms with Crippen molar-refractivity contribution in [2.24, 2.45) is 0 Å². The second-order valence-corrected chi connectivity index (χ2v) is 4.99. The molecule has 0 atom stereocenters. The Bertz CT molecular complexity index is 554. The van der Waals surface area contributed by atoms with Gasteiger partial charge in [-0.25, -0.2) is 9.37 Å². The summed E-state index contributed by atoms with van der Waals surface area (Å²) in [7, 11) is 3.36. The molecule has 5 heteroatoms. The zero-order chi connectivity index (χ0) is 13.1. The summed E-state index contributed by atoms with van der Waals surface area (Å²) in [6, 6.07) is 4.80. The Morgan fingerprint density at radius 2 is 2.22 bits per heavy atom. The molecule has 0 saturated carbocycles. The summed E-state index contributed by atoms with van der Waals surface area (Å²) < 4.78 is 18.3. The first-order chi connectivity index (χ1) is 8.65. The maximum atomic E-state index is 13.3. The van der Waals surface area contributed by atoms with E-state index < -0.39 is 0 Å². The lowest BCUT2D eigenvalue weighted by Gasteiger charge is -2.03. The van der Waals surface area contributed by atoms with E-state index in [9.17, 15) is 4.39 Å². The number of hydrogen-bond donors (Lipinski definition) is 1. The molecule has 0 radical (unpaired) electrons. The third-order valence-electron chi connectivity index (χ3n) is 2.63. The van der Waals surface area contributed by atoms with E-state index in [4.69, 9.17) is 4.74 Å². The van der Waals surface area contributed by atoms with Crippen LogP contribution in [0.25, 0.3) is 10.6 Å². The van der Waals surface area contributed by atoms with Crippen molar-refractivity contribution in [3.8, 4) is 16.3 Å². The van der Waals surface area contributed by atoms with Crippen LogP contribution < -0.4 is 10.1 Å². The van der Waals surface area contributed by atoms with Gasteiger partial charge in [-0.05, 0) is 32.2 Å². The second kappa shape index (κ2) is 5.46. The molecular formula is C13H15FN2OS. The van der Waals surface area contributed by atoms with Crippen LogP contribution in [-0.4, -0.2) is 19.1 Å². The van der Waals surface area contributed by atoms with E-state index in [2.05, 4.69) is 10.3 Å². The van der Waals surface area contributed by atoms with E-state index in [1.807, 2.05) is 14.0 Å². The summed E-state index contributed by atoms with van der Waals surface area (Å²) in [5, 5.41) is 3.99. The van der Waals surface area contributed by atoms with Gasteiger partial charge in [-0.15, -0.1) is 11.3 Å². The lowest BCUT2D eigenvalue weighted by Crippen LogP contribution is -2.04. The molecule has 0 aliphatic heterocycles. The van der Waals surface area contributed by atoms with Crippen LogP contribution in [0.1, 0.15) is 10.6 Å². The van der Waals surface area contributed by atoms with Crippen LogP contribution in [0.2, 0.25) is 0 Å². The Morgan fingerprint density at radius 1 is 1.44 bits per heavy atom. The van der Waals surface area contributed by atoms with Crippen LogP contribution in [0, 0.1) is 12.7 Å². The Morgan fingerprint density at radius 3 is 2.89 bits per heavy atom. The van der Waals surface area contributed by atoms with Gasteiger partial charge in [-0.1, -0.05) is 0 Å². The predicted octanol–water partition coefficient (Wildman–Crippen LogP) is 2.99. The quantitative estimate of drug-likeness (QED) is 0.923. The van der Waals surface area contributed by atoms with Crippen molar-refractivity contribution >= 4 is 11.3 Å². The van der Waals surface area contributed by atoms with Gasteiger partial charge in [0.1, 0.15) is 5.01 Å². The Kier molecular flexibility index (Phi) is 3.93. The van der Waals surface area contributed by atoms with Crippen molar-refractivity contribution in [2.75, 3.05) is 14.2 Å². The van der Waals surface area contributed by atoms with Crippen LogP contribution in [0.15, 0.2) is 18.2 Å². The molecule has 96 valence electrons. The first kappa shape index (κ1) is 13.0. The maximum absolute atomic E-state index is 13.3. The minimum absolute atomic E-state index is 0.246. The highest BCUT2D eigenvalue weighted by atomic mass is 32.1. The summed E-state index contributed by atoms with van der Waals surface area (Å²) in [5.41, 5.74) is 1.89. The van der Waals surface area contributed by atoms with Crippen molar-refractivity contribution < 1.29 is 9.13 Å². The molecule has 0 aliphatic carbocycles. The Balaban J connectivity index is 2.39. The summed E-state index contributed by atoms with van der Waals surface area (Å²) in [6.07, 6.45) is 0. The number of rotatable bonds is 4. The van der Waals surface area contributed by atoms with E-state index in [1.165, 1.54) is 18.1 Å². The van der Waals surface area contributed by atoms with Gasteiger partial charge in [-0.3, -0.25) is 0 Å². The number of nitrogens with one attached hydrogen (secondary N) is 1. The highest BCUT2D eigenvalue weighted by Gasteiger charge is 2.11. The van der Waals surface area contributed by atoms with Gasteiger partial charge in [0, 0.05) is 17.0 Å². The molecule has 2 rings (SSSR count). The van der Waals surface area contributed by atoms with Gasteiger partial charge in [0.05, 0.1) is 12.8 Å². The summed E-state index contributed by atoms with van der Waals surface area (Å²) in [4.78, 5) is 5.70. The fourth-order valence-corrected chi connectivity index (χ4v) is 2.74. The minimum Gasteiger partial charge on any atom is -0.494 e. The van der Waals surface area contributed by atoms with Gasteiger partial charge in [0.25, 0.3) is 0 Å². The number of aryl methyl sites for hydroxylation is 1. The van der Waals surface area contributed by atoms with Crippen molar-refractivity contribution in [2.45, 2.75) is 13.5 Å². The van der Waals surface area contributed by atoms with E-state index in [-0.39, 0.29) is 11.6 Å². The number of hydrogen-bond acceptors (Lipinski definition) is 4. The van der Waals surface area contributed by atoms with E-state index in [0.717, 1.165) is 22.8 Å². The molecular weight excluding hydrogens is 251 g/mol. The van der Waals surface area contributed by atoms with Crippen LogP contribution in [0.3, 0.4) is 0 Å². The lowest BCUT2D eigenvalue weighted by atomic mass is 10.2. The lowest BCUT2D eigenvalue weighted by molar-refractivity contribution is 0.387. The third-order valence-corrected chi connectivity index (χ3v) is 3.83. The molecule has 0 fully saturated rings. The highest BCUT2D eigenvalue weighted by molar-refractivity contribution is 7.15. The Labute approximate surface area is 110 Å². The smallest absolute Gasteiger partial charge is 0.165 e. The molecule has 3 nitrogen and oxygen atoms in total. The van der Waals surface area contributed by atoms with Gasteiger partial charge < -0.3 is 10.1 Å². The third kappa shape index (κ3) is 2.52. The van der Waals surface area contributed by atoms with Gasteiger partial charge in [0.2, 0.25) is 0 Å². The van der Waals surface area contributed by atoms with Crippen molar-refractivity contribution in [3.05, 3.63) is 34.6 Å². The standard InChI is InChI=1S/C13H15FN2OS/c1-8-12(7-15-2)18-13(16-8)9-4-5-10(14)11(6-9)17-3/h4-6,15H,7H2,1-3H3. The van der Waals surface area contributed by atoms with E-state index in [1.54, 1.807) is 23.5 Å².